The summed E-state index contributed by atoms with van der Waals surface area (Å²) in [5, 5.41) is 4.17. The number of likely N-dealkylation sites (tertiary alicyclic amines) is 1. The molecule has 0 radical (unpaired) electrons. The Kier molecular flexibility index (Phi) is 7.50. The van der Waals surface area contributed by atoms with E-state index in [1.165, 1.54) is 11.0 Å². The van der Waals surface area contributed by atoms with Crippen LogP contribution in [0.5, 0.6) is 5.75 Å². The lowest BCUT2D eigenvalue weighted by atomic mass is 9.88. The number of H-pyrrole nitrogens is 1. The van der Waals surface area contributed by atoms with Crippen LogP contribution in [0.15, 0.2) is 42.5 Å². The van der Waals surface area contributed by atoms with Gasteiger partial charge in [-0.25, -0.2) is 0 Å². The second-order valence-electron chi connectivity index (χ2n) is 10.1. The molecule has 2 atom stereocenters. The summed E-state index contributed by atoms with van der Waals surface area (Å²) in [5.41, 5.74) is 2.97. The fraction of sp³-hybridized carbons (Fsp3) is 0.481. The number of aromatic nitrogens is 1. The van der Waals surface area contributed by atoms with E-state index in [2.05, 4.69) is 15.2 Å². The minimum Gasteiger partial charge on any atom is -0.434 e. The first-order chi connectivity index (χ1) is 18.1. The number of benzene rings is 2. The van der Waals surface area contributed by atoms with Crippen LogP contribution in [0.2, 0.25) is 0 Å². The van der Waals surface area contributed by atoms with Gasteiger partial charge in [0.2, 0.25) is 0 Å². The maximum absolute atomic E-state index is 13.7. The molecule has 2 N–H and O–H groups in total. The molecule has 38 heavy (non-hydrogen) atoms. The highest BCUT2D eigenvalue weighted by molar-refractivity contribution is 5.85. The van der Waals surface area contributed by atoms with E-state index in [-0.39, 0.29) is 24.0 Å². The Labute approximate surface area is 216 Å². The Balaban J connectivity index is 1.52. The SMILES string of the molecule is C[C@@H]1Cc2c([nH]c3ccccc23)[C@@H](c2ccc(NC3CN(CCCF)C3)cc2OC(F)F)N1CC(F)(F)F. The van der Waals surface area contributed by atoms with Crippen LogP contribution < -0.4 is 10.1 Å². The summed E-state index contributed by atoms with van der Waals surface area (Å²) in [4.78, 5) is 6.65. The first-order valence-electron chi connectivity index (χ1n) is 12.7. The van der Waals surface area contributed by atoms with Gasteiger partial charge < -0.3 is 15.0 Å². The van der Waals surface area contributed by atoms with Crippen LogP contribution in [-0.4, -0.2) is 72.5 Å². The van der Waals surface area contributed by atoms with E-state index in [0.717, 1.165) is 16.5 Å². The molecule has 3 aromatic rings. The van der Waals surface area contributed by atoms with E-state index < -0.39 is 31.4 Å². The fourth-order valence-electron chi connectivity index (χ4n) is 5.71. The number of fused-ring (bicyclic) bond motifs is 3. The molecule has 1 saturated heterocycles. The van der Waals surface area contributed by atoms with E-state index in [9.17, 15) is 26.3 Å². The topological polar surface area (TPSA) is 43.5 Å². The van der Waals surface area contributed by atoms with Crippen LogP contribution in [0.4, 0.5) is 32.0 Å². The highest BCUT2D eigenvalue weighted by atomic mass is 19.4. The van der Waals surface area contributed by atoms with Gasteiger partial charge in [0.05, 0.1) is 25.3 Å². The van der Waals surface area contributed by atoms with Crippen molar-refractivity contribution in [3.05, 3.63) is 59.3 Å². The van der Waals surface area contributed by atoms with Crippen LogP contribution in [-0.2, 0) is 6.42 Å². The molecule has 5 rings (SSSR count). The normalized spacial score (nSPS) is 21.1. The van der Waals surface area contributed by atoms with Crippen molar-refractivity contribution in [2.75, 3.05) is 38.2 Å². The van der Waals surface area contributed by atoms with Gasteiger partial charge in [0.25, 0.3) is 0 Å². The Morgan fingerprint density at radius 2 is 1.89 bits per heavy atom. The molecule has 0 unspecified atom stereocenters. The smallest absolute Gasteiger partial charge is 0.401 e. The van der Waals surface area contributed by atoms with Crippen molar-refractivity contribution in [1.82, 2.24) is 14.8 Å². The van der Waals surface area contributed by atoms with E-state index in [1.54, 1.807) is 19.1 Å². The maximum Gasteiger partial charge on any atom is 0.401 e. The number of alkyl halides is 6. The third kappa shape index (κ3) is 5.58. The van der Waals surface area contributed by atoms with Crippen molar-refractivity contribution in [3.8, 4) is 5.75 Å². The lowest BCUT2D eigenvalue weighted by Gasteiger charge is -2.42. The number of hydrogen-bond acceptors (Lipinski definition) is 4. The van der Waals surface area contributed by atoms with Gasteiger partial charge in [0.15, 0.2) is 0 Å². The lowest BCUT2D eigenvalue weighted by molar-refractivity contribution is -0.155. The molecule has 1 fully saturated rings. The summed E-state index contributed by atoms with van der Waals surface area (Å²) in [7, 11) is 0. The van der Waals surface area contributed by atoms with Gasteiger partial charge in [-0.1, -0.05) is 24.3 Å². The summed E-state index contributed by atoms with van der Waals surface area (Å²) in [6.07, 6.45) is -3.64. The predicted molar refractivity (Wildman–Crippen MR) is 134 cm³/mol. The molecular weight excluding hydrogens is 510 g/mol. The van der Waals surface area contributed by atoms with Gasteiger partial charge in [0, 0.05) is 59.6 Å². The first-order valence-corrected chi connectivity index (χ1v) is 12.7. The average Bonchev–Trinajstić information content (AvgIpc) is 3.18. The molecule has 0 bridgehead atoms. The quantitative estimate of drug-likeness (QED) is 0.321. The van der Waals surface area contributed by atoms with Gasteiger partial charge in [-0.2, -0.15) is 22.0 Å². The third-order valence-electron chi connectivity index (χ3n) is 7.34. The lowest BCUT2D eigenvalue weighted by Crippen LogP contribution is -2.54. The molecule has 2 aromatic carbocycles. The largest absolute Gasteiger partial charge is 0.434 e. The van der Waals surface area contributed by atoms with Crippen molar-refractivity contribution in [1.29, 1.82) is 0 Å². The van der Waals surface area contributed by atoms with Crippen molar-refractivity contribution < 1.29 is 31.1 Å². The van der Waals surface area contributed by atoms with Gasteiger partial charge in [0.1, 0.15) is 5.75 Å². The number of nitrogens with one attached hydrogen (secondary N) is 2. The molecule has 3 heterocycles. The summed E-state index contributed by atoms with van der Waals surface area (Å²) >= 11 is 0. The second kappa shape index (κ2) is 10.7. The van der Waals surface area contributed by atoms with Crippen LogP contribution in [0.3, 0.4) is 0 Å². The Morgan fingerprint density at radius 1 is 1.13 bits per heavy atom. The predicted octanol–water partition coefficient (Wildman–Crippen LogP) is 6.12. The van der Waals surface area contributed by atoms with Gasteiger partial charge >= 0.3 is 12.8 Å². The monoisotopic (exact) mass is 540 g/mol. The molecule has 2 aliphatic heterocycles. The van der Waals surface area contributed by atoms with E-state index in [0.29, 0.717) is 43.9 Å². The molecule has 206 valence electrons. The Bertz CT molecular complexity index is 1260. The van der Waals surface area contributed by atoms with Crippen molar-refractivity contribution in [2.24, 2.45) is 0 Å². The molecule has 0 spiro atoms. The summed E-state index contributed by atoms with van der Waals surface area (Å²) in [5.74, 6) is -0.172. The zero-order valence-electron chi connectivity index (χ0n) is 20.9. The highest BCUT2D eigenvalue weighted by Gasteiger charge is 2.43. The third-order valence-corrected chi connectivity index (χ3v) is 7.34. The Hall–Kier alpha value is -2.92. The van der Waals surface area contributed by atoms with Gasteiger partial charge in [-0.15, -0.1) is 0 Å². The fourth-order valence-corrected chi connectivity index (χ4v) is 5.71. The number of para-hydroxylation sites is 1. The first kappa shape index (κ1) is 26.7. The zero-order chi connectivity index (χ0) is 27.0. The minimum absolute atomic E-state index is 0.0524. The molecule has 0 amide bonds. The maximum atomic E-state index is 13.7. The number of aromatic amines is 1. The van der Waals surface area contributed by atoms with E-state index in [4.69, 9.17) is 4.74 Å². The number of ether oxygens (including phenoxy) is 1. The highest BCUT2D eigenvalue weighted by Crippen LogP contribution is 2.45. The van der Waals surface area contributed by atoms with Gasteiger partial charge in [-0.3, -0.25) is 14.2 Å². The van der Waals surface area contributed by atoms with Crippen LogP contribution in [0, 0.1) is 0 Å². The molecule has 11 heteroatoms. The van der Waals surface area contributed by atoms with E-state index in [1.807, 2.05) is 24.3 Å². The number of nitrogens with zero attached hydrogens (tertiary/aromatic N) is 2. The van der Waals surface area contributed by atoms with Crippen LogP contribution >= 0.6 is 0 Å². The summed E-state index contributed by atoms with van der Waals surface area (Å²) < 4.78 is 85.5. The standard InChI is InChI=1S/C27H30F6N4O/c1-16-11-21-19-5-2-3-6-22(19)35-24(21)25(37(16)15-27(31,32)33)20-8-7-17(12-23(20)38-26(29)30)34-18-13-36(14-18)10-4-9-28/h2-3,5-8,12,16,18,25-26,34-35H,4,9-11,13-15H2,1H3/t16-,25-/m1/s1. The van der Waals surface area contributed by atoms with Crippen LogP contribution in [0.25, 0.3) is 10.9 Å². The molecule has 0 aliphatic carbocycles. The van der Waals surface area contributed by atoms with E-state index >= 15 is 0 Å². The number of hydrogen-bond donors (Lipinski definition) is 2. The average molecular weight is 541 g/mol. The second-order valence-corrected chi connectivity index (χ2v) is 10.1. The number of halogens is 6. The minimum atomic E-state index is -4.49. The molecule has 0 saturated carbocycles. The molecule has 1 aromatic heterocycles. The number of rotatable bonds is 9. The molecule has 5 nitrogen and oxygen atoms in total. The van der Waals surface area contributed by atoms with Crippen molar-refractivity contribution in [3.63, 3.8) is 0 Å². The summed E-state index contributed by atoms with van der Waals surface area (Å²) in [6, 6.07) is 10.7. The van der Waals surface area contributed by atoms with Crippen molar-refractivity contribution >= 4 is 16.6 Å². The number of anilines is 1. The summed E-state index contributed by atoms with van der Waals surface area (Å²) in [6.45, 7) is -0.988. The zero-order valence-corrected chi connectivity index (χ0v) is 20.9. The molecule has 2 aliphatic rings. The van der Waals surface area contributed by atoms with Crippen molar-refractivity contribution in [2.45, 2.75) is 50.7 Å². The van der Waals surface area contributed by atoms with Gasteiger partial charge in [-0.05, 0) is 37.5 Å². The molecular formula is C27H30F6N4O. The Morgan fingerprint density at radius 3 is 2.61 bits per heavy atom. The van der Waals surface area contributed by atoms with Crippen LogP contribution in [0.1, 0.15) is 36.2 Å².